The van der Waals surface area contributed by atoms with E-state index < -0.39 is 0 Å². The summed E-state index contributed by atoms with van der Waals surface area (Å²) in [6.45, 7) is 4.25. The fourth-order valence-corrected chi connectivity index (χ4v) is 0.612. The number of hydrogen-bond donors (Lipinski definition) is 1. The summed E-state index contributed by atoms with van der Waals surface area (Å²) in [5.74, 6) is 0.463. The van der Waals surface area contributed by atoms with E-state index in [-0.39, 0.29) is 0 Å². The third-order valence-corrected chi connectivity index (χ3v) is 1.96. The Balaban J connectivity index is 2.75. The van der Waals surface area contributed by atoms with Crippen molar-refractivity contribution in [3.63, 3.8) is 0 Å². The van der Waals surface area contributed by atoms with Crippen molar-refractivity contribution in [1.82, 2.24) is 0 Å². The second-order valence-corrected chi connectivity index (χ2v) is 2.62. The summed E-state index contributed by atoms with van der Waals surface area (Å²) in [6.07, 6.45) is 1.12. The zero-order valence-electron chi connectivity index (χ0n) is 4.36. The standard InChI is InChI=1S/C4H12NP/c1-3-4(5)6-2/h4,6H,3,5H2,1-2H3. The Hall–Kier alpha value is 0.390. The quantitative estimate of drug-likeness (QED) is 0.520. The van der Waals surface area contributed by atoms with E-state index in [4.69, 9.17) is 5.73 Å². The summed E-state index contributed by atoms with van der Waals surface area (Å²) in [5, 5.41) is 0. The molecule has 0 aliphatic carbocycles. The van der Waals surface area contributed by atoms with E-state index >= 15 is 0 Å². The van der Waals surface area contributed by atoms with Crippen LogP contribution in [-0.4, -0.2) is 12.4 Å². The molecule has 0 aliphatic heterocycles. The molecule has 0 amide bonds. The van der Waals surface area contributed by atoms with Crippen LogP contribution in [0, 0.1) is 0 Å². The summed E-state index contributed by atoms with van der Waals surface area (Å²) < 4.78 is 0. The van der Waals surface area contributed by atoms with Gasteiger partial charge in [-0.2, -0.15) is 0 Å². The van der Waals surface area contributed by atoms with Crippen LogP contribution >= 0.6 is 8.58 Å². The Bertz CT molecular complexity index is 26.7. The van der Waals surface area contributed by atoms with Gasteiger partial charge in [-0.05, 0) is 13.1 Å². The molecule has 0 aliphatic rings. The van der Waals surface area contributed by atoms with Crippen LogP contribution in [0.25, 0.3) is 0 Å². The first-order chi connectivity index (χ1) is 2.81. The SMILES string of the molecule is CCC(N)PC. The monoisotopic (exact) mass is 105 g/mol. The van der Waals surface area contributed by atoms with Gasteiger partial charge in [0, 0.05) is 5.78 Å². The predicted molar refractivity (Wildman–Crippen MR) is 32.5 cm³/mol. The summed E-state index contributed by atoms with van der Waals surface area (Å²) in [4.78, 5) is 0. The smallest absolute Gasteiger partial charge is 0.0208 e. The van der Waals surface area contributed by atoms with Crippen LogP contribution in [0.2, 0.25) is 0 Å². The molecule has 0 bridgehead atoms. The van der Waals surface area contributed by atoms with Crippen LogP contribution in [0.1, 0.15) is 13.3 Å². The molecule has 2 unspecified atom stereocenters. The second-order valence-electron chi connectivity index (χ2n) is 1.30. The first-order valence-corrected chi connectivity index (χ1v) is 3.81. The van der Waals surface area contributed by atoms with Crippen molar-refractivity contribution in [2.24, 2.45) is 5.73 Å². The van der Waals surface area contributed by atoms with Gasteiger partial charge in [0.25, 0.3) is 0 Å². The first-order valence-electron chi connectivity index (χ1n) is 2.24. The first kappa shape index (κ1) is 6.39. The summed E-state index contributed by atoms with van der Waals surface area (Å²) in [5.41, 5.74) is 5.48. The molecule has 0 saturated carbocycles. The van der Waals surface area contributed by atoms with Crippen LogP contribution < -0.4 is 5.73 Å². The van der Waals surface area contributed by atoms with Crippen LogP contribution in [0.4, 0.5) is 0 Å². The average molecular weight is 105 g/mol. The topological polar surface area (TPSA) is 26.0 Å². The lowest BCUT2D eigenvalue weighted by atomic mass is 10.5. The molecule has 0 aromatic rings. The highest BCUT2D eigenvalue weighted by Crippen LogP contribution is 2.09. The average Bonchev–Trinajstić information content (AvgIpc) is 1.65. The minimum atomic E-state index is 0.463. The summed E-state index contributed by atoms with van der Waals surface area (Å²) in [7, 11) is 0.909. The maximum absolute atomic E-state index is 5.48. The van der Waals surface area contributed by atoms with Gasteiger partial charge in [-0.1, -0.05) is 6.92 Å². The Labute approximate surface area is 41.1 Å². The van der Waals surface area contributed by atoms with Gasteiger partial charge in [0.05, 0.1) is 0 Å². The van der Waals surface area contributed by atoms with Crippen molar-refractivity contribution in [2.75, 3.05) is 6.66 Å². The lowest BCUT2D eigenvalue weighted by Crippen LogP contribution is -2.10. The maximum Gasteiger partial charge on any atom is 0.0208 e. The van der Waals surface area contributed by atoms with Gasteiger partial charge in [0.2, 0.25) is 0 Å². The highest BCUT2D eigenvalue weighted by molar-refractivity contribution is 7.37. The Morgan fingerprint density at radius 3 is 2.33 bits per heavy atom. The highest BCUT2D eigenvalue weighted by atomic mass is 31.1. The van der Waals surface area contributed by atoms with Crippen molar-refractivity contribution in [1.29, 1.82) is 0 Å². The molecule has 0 radical (unpaired) electrons. The van der Waals surface area contributed by atoms with Crippen LogP contribution in [0.15, 0.2) is 0 Å². The molecule has 0 rings (SSSR count). The lowest BCUT2D eigenvalue weighted by Gasteiger charge is -2.00. The largest absolute Gasteiger partial charge is 0.324 e. The third kappa shape index (κ3) is 2.62. The number of hydrogen-bond acceptors (Lipinski definition) is 1. The van der Waals surface area contributed by atoms with E-state index in [2.05, 4.69) is 13.6 Å². The molecule has 0 heterocycles. The van der Waals surface area contributed by atoms with E-state index in [0.29, 0.717) is 5.78 Å². The maximum atomic E-state index is 5.48. The molecular weight excluding hydrogens is 93.0 g/mol. The van der Waals surface area contributed by atoms with Crippen molar-refractivity contribution < 1.29 is 0 Å². The van der Waals surface area contributed by atoms with Gasteiger partial charge in [0.1, 0.15) is 0 Å². The van der Waals surface area contributed by atoms with E-state index in [1.54, 1.807) is 0 Å². The molecule has 6 heavy (non-hydrogen) atoms. The van der Waals surface area contributed by atoms with Gasteiger partial charge in [0.15, 0.2) is 0 Å². The summed E-state index contributed by atoms with van der Waals surface area (Å²) >= 11 is 0. The van der Waals surface area contributed by atoms with Crippen molar-refractivity contribution in [2.45, 2.75) is 19.1 Å². The Kier molecular flexibility index (Phi) is 3.81. The highest BCUT2D eigenvalue weighted by Gasteiger charge is 1.88. The van der Waals surface area contributed by atoms with Crippen molar-refractivity contribution in [3.8, 4) is 0 Å². The normalized spacial score (nSPS) is 16.5. The molecule has 38 valence electrons. The number of nitrogens with two attached hydrogens (primary N) is 1. The van der Waals surface area contributed by atoms with Gasteiger partial charge >= 0.3 is 0 Å². The fraction of sp³-hybridized carbons (Fsp3) is 1.00. The number of rotatable bonds is 2. The van der Waals surface area contributed by atoms with E-state index in [0.717, 1.165) is 15.0 Å². The zero-order valence-corrected chi connectivity index (χ0v) is 5.36. The molecule has 0 saturated heterocycles. The Morgan fingerprint density at radius 1 is 1.83 bits per heavy atom. The van der Waals surface area contributed by atoms with Crippen molar-refractivity contribution in [3.05, 3.63) is 0 Å². The van der Waals surface area contributed by atoms with Crippen LogP contribution in [0.5, 0.6) is 0 Å². The van der Waals surface area contributed by atoms with E-state index in [9.17, 15) is 0 Å². The predicted octanol–water partition coefficient (Wildman–Crippen LogP) is 0.989. The minimum absolute atomic E-state index is 0.463. The Morgan fingerprint density at radius 2 is 2.33 bits per heavy atom. The van der Waals surface area contributed by atoms with E-state index in [1.165, 1.54) is 0 Å². The lowest BCUT2D eigenvalue weighted by molar-refractivity contribution is 0.864. The fourth-order valence-electron chi connectivity index (χ4n) is 0.204. The molecule has 2 N–H and O–H groups in total. The zero-order chi connectivity index (χ0) is 4.99. The van der Waals surface area contributed by atoms with E-state index in [1.807, 2.05) is 0 Å². The molecule has 2 atom stereocenters. The second kappa shape index (κ2) is 3.58. The molecule has 1 nitrogen and oxygen atoms in total. The van der Waals surface area contributed by atoms with Gasteiger partial charge in [-0.3, -0.25) is 0 Å². The van der Waals surface area contributed by atoms with Crippen LogP contribution in [0.3, 0.4) is 0 Å². The third-order valence-electron chi connectivity index (χ3n) is 0.811. The van der Waals surface area contributed by atoms with Gasteiger partial charge < -0.3 is 5.73 Å². The molecule has 0 aromatic carbocycles. The molecule has 0 spiro atoms. The van der Waals surface area contributed by atoms with Crippen molar-refractivity contribution >= 4 is 8.58 Å². The molecule has 0 aromatic heterocycles. The molecular formula is C4H12NP. The van der Waals surface area contributed by atoms with Crippen LogP contribution in [-0.2, 0) is 0 Å². The van der Waals surface area contributed by atoms with Gasteiger partial charge in [-0.15, -0.1) is 8.58 Å². The molecule has 2 heteroatoms. The minimum Gasteiger partial charge on any atom is -0.324 e. The summed E-state index contributed by atoms with van der Waals surface area (Å²) in [6, 6.07) is 0. The molecule has 0 fully saturated rings. The van der Waals surface area contributed by atoms with Gasteiger partial charge in [-0.25, -0.2) is 0 Å².